The van der Waals surface area contributed by atoms with Crippen LogP contribution in [0.25, 0.3) is 16.9 Å². The molecule has 146 valence electrons. The summed E-state index contributed by atoms with van der Waals surface area (Å²) in [6.45, 7) is 0. The van der Waals surface area contributed by atoms with E-state index < -0.39 is 6.09 Å². The molecule has 1 fully saturated rings. The van der Waals surface area contributed by atoms with Crippen molar-refractivity contribution >= 4 is 29.3 Å². The Morgan fingerprint density at radius 1 is 1.11 bits per heavy atom. The molecule has 0 aliphatic heterocycles. The second-order valence-corrected chi connectivity index (χ2v) is 7.51. The average molecular weight is 399 g/mol. The van der Waals surface area contributed by atoms with Crippen LogP contribution in [0.4, 0.5) is 10.6 Å². The Kier molecular flexibility index (Phi) is 5.29. The first-order valence-corrected chi connectivity index (χ1v) is 10.3. The van der Waals surface area contributed by atoms with Gasteiger partial charge in [-0.3, -0.25) is 0 Å². The van der Waals surface area contributed by atoms with Crippen LogP contribution in [0.5, 0.6) is 0 Å². The molecule has 9 nitrogen and oxygen atoms in total. The molecule has 1 aliphatic carbocycles. The quantitative estimate of drug-likeness (QED) is 0.443. The summed E-state index contributed by atoms with van der Waals surface area (Å²) in [7, 11) is 0. The summed E-state index contributed by atoms with van der Waals surface area (Å²) in [4.78, 5) is 23.8. The van der Waals surface area contributed by atoms with Crippen LogP contribution in [-0.2, 0) is 0 Å². The van der Waals surface area contributed by atoms with Gasteiger partial charge < -0.3 is 15.7 Å². The Hall–Kier alpha value is -2.88. The Labute approximate surface area is 166 Å². The maximum atomic E-state index is 10.8. The number of amides is 1. The SMILES string of the molecule is CSc1ncc(-c2cnc3ccc(NC4CCC(NC(=O)O)CC4)nn23)cn1. The van der Waals surface area contributed by atoms with E-state index in [4.69, 9.17) is 5.11 Å². The molecular weight excluding hydrogens is 378 g/mol. The predicted octanol–water partition coefficient (Wildman–Crippen LogP) is 2.90. The summed E-state index contributed by atoms with van der Waals surface area (Å²) in [5.41, 5.74) is 2.44. The first kappa shape index (κ1) is 18.5. The molecule has 0 radical (unpaired) electrons. The predicted molar refractivity (Wildman–Crippen MR) is 107 cm³/mol. The van der Waals surface area contributed by atoms with Crippen molar-refractivity contribution < 1.29 is 9.90 Å². The molecule has 3 heterocycles. The zero-order chi connectivity index (χ0) is 19.5. The van der Waals surface area contributed by atoms with E-state index in [9.17, 15) is 4.79 Å². The van der Waals surface area contributed by atoms with Crippen molar-refractivity contribution in [1.29, 1.82) is 0 Å². The Balaban J connectivity index is 1.49. The second kappa shape index (κ2) is 8.01. The van der Waals surface area contributed by atoms with E-state index in [0.717, 1.165) is 53.6 Å². The standard InChI is InChI=1S/C18H21N7O2S/c1-28-17-20-8-11(9-21-17)14-10-19-16-7-6-15(24-25(14)16)22-12-2-4-13(5-3-12)23-18(26)27/h6-10,12-13,23H,2-5H2,1H3,(H,22,24)(H,26,27). The van der Waals surface area contributed by atoms with Crippen molar-refractivity contribution in [3.05, 3.63) is 30.7 Å². The van der Waals surface area contributed by atoms with Crippen molar-refractivity contribution in [2.24, 2.45) is 0 Å². The van der Waals surface area contributed by atoms with Crippen LogP contribution in [0, 0.1) is 0 Å². The van der Waals surface area contributed by atoms with Gasteiger partial charge in [-0.2, -0.15) is 0 Å². The monoisotopic (exact) mass is 399 g/mol. The number of hydrogen-bond acceptors (Lipinski definition) is 7. The van der Waals surface area contributed by atoms with E-state index in [0.29, 0.717) is 0 Å². The third kappa shape index (κ3) is 4.01. The van der Waals surface area contributed by atoms with Gasteiger partial charge in [-0.1, -0.05) is 11.8 Å². The largest absolute Gasteiger partial charge is 0.465 e. The van der Waals surface area contributed by atoms with Crippen molar-refractivity contribution in [3.8, 4) is 11.3 Å². The number of nitrogens with zero attached hydrogens (tertiary/aromatic N) is 5. The summed E-state index contributed by atoms with van der Waals surface area (Å²) in [5, 5.41) is 20.3. The highest BCUT2D eigenvalue weighted by Crippen LogP contribution is 2.24. The third-order valence-electron chi connectivity index (χ3n) is 4.88. The van der Waals surface area contributed by atoms with Crippen LogP contribution in [0.15, 0.2) is 35.9 Å². The molecule has 10 heteroatoms. The number of carbonyl (C=O) groups is 1. The molecule has 28 heavy (non-hydrogen) atoms. The van der Waals surface area contributed by atoms with Crippen molar-refractivity contribution in [3.63, 3.8) is 0 Å². The molecule has 0 atom stereocenters. The lowest BCUT2D eigenvalue weighted by atomic mass is 9.91. The van der Waals surface area contributed by atoms with Gasteiger partial charge in [0, 0.05) is 30.0 Å². The number of thioether (sulfide) groups is 1. The Bertz CT molecular complexity index is 968. The lowest BCUT2D eigenvalue weighted by Gasteiger charge is -2.29. The van der Waals surface area contributed by atoms with Crippen molar-refractivity contribution in [2.45, 2.75) is 42.9 Å². The summed E-state index contributed by atoms with van der Waals surface area (Å²) in [6, 6.07) is 4.15. The first-order valence-electron chi connectivity index (χ1n) is 9.09. The number of hydrogen-bond donors (Lipinski definition) is 3. The minimum atomic E-state index is -0.953. The van der Waals surface area contributed by atoms with Gasteiger partial charge in [-0.15, -0.1) is 5.10 Å². The fourth-order valence-electron chi connectivity index (χ4n) is 3.47. The molecule has 0 aromatic carbocycles. The van der Waals surface area contributed by atoms with E-state index in [-0.39, 0.29) is 12.1 Å². The molecule has 3 aromatic rings. The second-order valence-electron chi connectivity index (χ2n) is 6.73. The molecule has 3 N–H and O–H groups in total. The van der Waals surface area contributed by atoms with Crippen molar-refractivity contribution in [1.82, 2.24) is 29.9 Å². The number of rotatable bonds is 5. The van der Waals surface area contributed by atoms with E-state index in [1.54, 1.807) is 23.1 Å². The highest BCUT2D eigenvalue weighted by atomic mass is 32.2. The minimum absolute atomic E-state index is 0.0375. The molecular formula is C18H21N7O2S. The smallest absolute Gasteiger partial charge is 0.404 e. The van der Waals surface area contributed by atoms with Crippen molar-refractivity contribution in [2.75, 3.05) is 11.6 Å². The highest BCUT2D eigenvalue weighted by Gasteiger charge is 2.22. The van der Waals surface area contributed by atoms with E-state index in [1.807, 2.05) is 18.4 Å². The molecule has 0 bridgehead atoms. The van der Waals surface area contributed by atoms with Crippen LogP contribution in [0.1, 0.15) is 25.7 Å². The molecule has 0 spiro atoms. The summed E-state index contributed by atoms with van der Waals surface area (Å²) < 4.78 is 1.79. The van der Waals surface area contributed by atoms with Gasteiger partial charge >= 0.3 is 6.09 Å². The molecule has 1 aliphatic rings. The lowest BCUT2D eigenvalue weighted by molar-refractivity contribution is 0.185. The van der Waals surface area contributed by atoms with Gasteiger partial charge in [-0.05, 0) is 44.1 Å². The zero-order valence-corrected chi connectivity index (χ0v) is 16.2. The van der Waals surface area contributed by atoms with Crippen LogP contribution in [0.2, 0.25) is 0 Å². The van der Waals surface area contributed by atoms with Crippen LogP contribution >= 0.6 is 11.8 Å². The normalized spacial score (nSPS) is 19.5. The van der Waals surface area contributed by atoms with Crippen LogP contribution in [-0.4, -0.2) is 54.1 Å². The Morgan fingerprint density at radius 3 is 2.50 bits per heavy atom. The van der Waals surface area contributed by atoms with Gasteiger partial charge in [0.2, 0.25) is 0 Å². The molecule has 1 saturated carbocycles. The number of nitrogens with one attached hydrogen (secondary N) is 2. The van der Waals surface area contributed by atoms with Crippen LogP contribution in [0.3, 0.4) is 0 Å². The molecule has 4 rings (SSSR count). The van der Waals surface area contributed by atoms with Gasteiger partial charge in [-0.25, -0.2) is 24.3 Å². The van der Waals surface area contributed by atoms with Crippen LogP contribution < -0.4 is 10.6 Å². The summed E-state index contributed by atoms with van der Waals surface area (Å²) in [5.74, 6) is 0.767. The third-order valence-corrected chi connectivity index (χ3v) is 5.45. The molecule has 1 amide bonds. The number of imidazole rings is 1. The zero-order valence-electron chi connectivity index (χ0n) is 15.4. The molecule has 0 unspecified atom stereocenters. The fourth-order valence-corrected chi connectivity index (χ4v) is 3.78. The molecule has 3 aromatic heterocycles. The lowest BCUT2D eigenvalue weighted by Crippen LogP contribution is -2.39. The summed E-state index contributed by atoms with van der Waals surface area (Å²) >= 11 is 1.50. The van der Waals surface area contributed by atoms with Gasteiger partial charge in [0.15, 0.2) is 10.8 Å². The number of carboxylic acid groups (broad SMARTS) is 1. The van der Waals surface area contributed by atoms with Gasteiger partial charge in [0.05, 0.1) is 11.9 Å². The first-order chi connectivity index (χ1) is 13.6. The van der Waals surface area contributed by atoms with E-state index >= 15 is 0 Å². The van der Waals surface area contributed by atoms with Gasteiger partial charge in [0.25, 0.3) is 0 Å². The molecule has 0 saturated heterocycles. The minimum Gasteiger partial charge on any atom is -0.465 e. The van der Waals surface area contributed by atoms with Gasteiger partial charge in [0.1, 0.15) is 5.82 Å². The number of anilines is 1. The highest BCUT2D eigenvalue weighted by molar-refractivity contribution is 7.98. The Morgan fingerprint density at radius 2 is 1.82 bits per heavy atom. The summed E-state index contributed by atoms with van der Waals surface area (Å²) in [6.07, 6.45) is 9.74. The topological polar surface area (TPSA) is 117 Å². The average Bonchev–Trinajstić information content (AvgIpc) is 3.12. The number of aromatic nitrogens is 5. The number of fused-ring (bicyclic) bond motifs is 1. The fraction of sp³-hybridized carbons (Fsp3) is 0.389. The van der Waals surface area contributed by atoms with E-state index in [2.05, 4.69) is 30.7 Å². The van der Waals surface area contributed by atoms with E-state index in [1.165, 1.54) is 11.8 Å². The maximum Gasteiger partial charge on any atom is 0.404 e. The maximum absolute atomic E-state index is 10.8.